The fraction of sp³-hybridized carbons (Fsp3) is 0.333. The van der Waals surface area contributed by atoms with E-state index >= 15 is 0 Å². The van der Waals surface area contributed by atoms with Crippen LogP contribution in [0.5, 0.6) is 0 Å². The van der Waals surface area contributed by atoms with E-state index in [2.05, 4.69) is 4.74 Å². The van der Waals surface area contributed by atoms with Crippen molar-refractivity contribution in [1.82, 2.24) is 4.90 Å². The summed E-state index contributed by atoms with van der Waals surface area (Å²) in [7, 11) is 0. The number of benzene rings is 1. The summed E-state index contributed by atoms with van der Waals surface area (Å²) in [5.74, 6) is -0.430. The van der Waals surface area contributed by atoms with Crippen LogP contribution in [0.2, 0.25) is 0 Å². The van der Waals surface area contributed by atoms with Gasteiger partial charge in [0.25, 0.3) is 0 Å². The third kappa shape index (κ3) is 2.59. The molecule has 1 saturated heterocycles. The Morgan fingerprint density at radius 3 is 2.69 bits per heavy atom. The predicted octanol–water partition coefficient (Wildman–Crippen LogP) is 1.95. The molecule has 0 aromatic heterocycles. The highest BCUT2D eigenvalue weighted by atomic mass is 16.6. The Morgan fingerprint density at radius 1 is 1.19 bits per heavy atom. The van der Waals surface area contributed by atoms with Crippen LogP contribution in [0.25, 0.3) is 0 Å². The lowest BCUT2D eigenvalue weighted by Crippen LogP contribution is -2.30. The van der Waals surface area contributed by atoms with Crippen LogP contribution >= 0.6 is 0 Å². The number of rotatable bonds is 2. The molecule has 0 atom stereocenters. The Morgan fingerprint density at radius 2 is 1.94 bits per heavy atom. The van der Waals surface area contributed by atoms with Crippen molar-refractivity contribution in [2.75, 3.05) is 6.54 Å². The molecule has 1 aromatic rings. The summed E-state index contributed by atoms with van der Waals surface area (Å²) >= 11 is 0. The summed E-state index contributed by atoms with van der Waals surface area (Å²) in [6, 6.07) is 9.65. The Balaban J connectivity index is 2.04. The molecule has 0 radical (unpaired) electrons. The van der Waals surface area contributed by atoms with Crippen molar-refractivity contribution in [2.24, 2.45) is 0 Å². The first-order valence-electron chi connectivity index (χ1n) is 5.29. The van der Waals surface area contributed by atoms with Gasteiger partial charge in [-0.1, -0.05) is 30.3 Å². The predicted molar refractivity (Wildman–Crippen MR) is 57.6 cm³/mol. The molecule has 1 fully saturated rings. The van der Waals surface area contributed by atoms with Crippen LogP contribution in [0.3, 0.4) is 0 Å². The topological polar surface area (TPSA) is 46.6 Å². The summed E-state index contributed by atoms with van der Waals surface area (Å²) < 4.78 is 4.64. The smallest absolute Gasteiger partial charge is 0.376 e. The van der Waals surface area contributed by atoms with Gasteiger partial charge in [0.2, 0.25) is 0 Å². The quantitative estimate of drug-likeness (QED) is 0.564. The number of hydrogen-bond donors (Lipinski definition) is 0. The van der Waals surface area contributed by atoms with Gasteiger partial charge in [0, 0.05) is 19.5 Å². The summed E-state index contributed by atoms with van der Waals surface area (Å²) in [5, 5.41) is 0. The summed E-state index contributed by atoms with van der Waals surface area (Å²) in [5.41, 5.74) is 1.04. The van der Waals surface area contributed by atoms with Crippen LogP contribution < -0.4 is 0 Å². The van der Waals surface area contributed by atoms with Crippen LogP contribution in [0, 0.1) is 0 Å². The highest BCUT2D eigenvalue weighted by Crippen LogP contribution is 2.11. The molecule has 0 bridgehead atoms. The van der Waals surface area contributed by atoms with Gasteiger partial charge in [-0.05, 0) is 12.0 Å². The van der Waals surface area contributed by atoms with Crippen molar-refractivity contribution in [3.63, 3.8) is 0 Å². The fourth-order valence-corrected chi connectivity index (χ4v) is 1.67. The summed E-state index contributed by atoms with van der Waals surface area (Å²) in [4.78, 5) is 24.1. The van der Waals surface area contributed by atoms with E-state index in [9.17, 15) is 9.59 Å². The molecule has 0 spiro atoms. The van der Waals surface area contributed by atoms with Crippen molar-refractivity contribution < 1.29 is 14.3 Å². The van der Waals surface area contributed by atoms with E-state index in [-0.39, 0.29) is 0 Å². The molecule has 16 heavy (non-hydrogen) atoms. The third-order valence-corrected chi connectivity index (χ3v) is 2.48. The van der Waals surface area contributed by atoms with Gasteiger partial charge in [-0.2, -0.15) is 0 Å². The zero-order valence-corrected chi connectivity index (χ0v) is 8.89. The zero-order chi connectivity index (χ0) is 11.4. The Labute approximate surface area is 93.8 Å². The standard InChI is InChI=1S/C12H13NO3/c14-11-7-4-8-13(12(15)16-11)9-10-5-2-1-3-6-10/h1-3,5-6H,4,7-9H2. The molecule has 1 heterocycles. The molecule has 1 aliphatic heterocycles. The molecule has 0 N–H and O–H groups in total. The SMILES string of the molecule is O=C1CCCN(Cc2ccccc2)C(=O)O1. The molecular formula is C12H13NO3. The van der Waals surface area contributed by atoms with Gasteiger partial charge in [0.05, 0.1) is 0 Å². The van der Waals surface area contributed by atoms with E-state index in [1.165, 1.54) is 0 Å². The number of cyclic esters (lactones) is 2. The maximum Gasteiger partial charge on any atom is 0.417 e. The Kier molecular flexibility index (Phi) is 3.19. The number of carbonyl (C=O) groups is 2. The highest BCUT2D eigenvalue weighted by molar-refractivity contribution is 5.85. The highest BCUT2D eigenvalue weighted by Gasteiger charge is 2.22. The molecule has 4 nitrogen and oxygen atoms in total. The molecule has 1 aromatic carbocycles. The first kappa shape index (κ1) is 10.7. The van der Waals surface area contributed by atoms with Crippen molar-refractivity contribution in [3.05, 3.63) is 35.9 Å². The fourth-order valence-electron chi connectivity index (χ4n) is 1.67. The molecular weight excluding hydrogens is 206 g/mol. The van der Waals surface area contributed by atoms with Gasteiger partial charge < -0.3 is 9.64 Å². The molecule has 0 unspecified atom stereocenters. The molecule has 1 amide bonds. The van der Waals surface area contributed by atoms with Crippen LogP contribution in [-0.4, -0.2) is 23.5 Å². The summed E-state index contributed by atoms with van der Waals surface area (Å²) in [6.07, 6.45) is 0.445. The van der Waals surface area contributed by atoms with E-state index in [1.807, 2.05) is 30.3 Å². The van der Waals surface area contributed by atoms with Gasteiger partial charge in [-0.3, -0.25) is 4.79 Å². The average molecular weight is 219 g/mol. The summed E-state index contributed by atoms with van der Waals surface area (Å²) in [6.45, 7) is 1.06. The Bertz CT molecular complexity index is 389. The zero-order valence-electron chi connectivity index (χ0n) is 8.89. The van der Waals surface area contributed by atoms with Crippen LogP contribution in [-0.2, 0) is 16.1 Å². The van der Waals surface area contributed by atoms with E-state index in [4.69, 9.17) is 0 Å². The molecule has 84 valence electrons. The average Bonchev–Trinajstić information content (AvgIpc) is 2.43. The first-order valence-corrected chi connectivity index (χ1v) is 5.29. The second-order valence-electron chi connectivity index (χ2n) is 3.75. The number of nitrogens with zero attached hydrogens (tertiary/aromatic N) is 1. The Hall–Kier alpha value is -1.84. The molecule has 2 rings (SSSR count). The number of esters is 1. The van der Waals surface area contributed by atoms with E-state index < -0.39 is 12.1 Å². The van der Waals surface area contributed by atoms with Gasteiger partial charge in [-0.15, -0.1) is 0 Å². The third-order valence-electron chi connectivity index (χ3n) is 2.48. The maximum atomic E-state index is 11.5. The maximum absolute atomic E-state index is 11.5. The largest absolute Gasteiger partial charge is 0.417 e. The first-order chi connectivity index (χ1) is 7.75. The minimum atomic E-state index is -0.536. The monoisotopic (exact) mass is 219 g/mol. The van der Waals surface area contributed by atoms with Crippen molar-refractivity contribution in [3.8, 4) is 0 Å². The van der Waals surface area contributed by atoms with E-state index in [1.54, 1.807) is 4.90 Å². The van der Waals surface area contributed by atoms with Gasteiger partial charge in [-0.25, -0.2) is 4.79 Å². The number of carbonyl (C=O) groups excluding carboxylic acids is 2. The number of amides is 1. The minimum absolute atomic E-state index is 0.316. The van der Waals surface area contributed by atoms with Crippen molar-refractivity contribution >= 4 is 12.1 Å². The van der Waals surface area contributed by atoms with Gasteiger partial charge in [0.1, 0.15) is 0 Å². The van der Waals surface area contributed by atoms with Gasteiger partial charge in [0.15, 0.2) is 0 Å². The second-order valence-corrected chi connectivity index (χ2v) is 3.75. The van der Waals surface area contributed by atoms with E-state index in [0.29, 0.717) is 25.9 Å². The lowest BCUT2D eigenvalue weighted by Gasteiger charge is -2.18. The number of ether oxygens (including phenoxy) is 1. The van der Waals surface area contributed by atoms with Crippen molar-refractivity contribution in [1.29, 1.82) is 0 Å². The van der Waals surface area contributed by atoms with Crippen LogP contribution in [0.15, 0.2) is 30.3 Å². The van der Waals surface area contributed by atoms with Crippen molar-refractivity contribution in [2.45, 2.75) is 19.4 Å². The van der Waals surface area contributed by atoms with E-state index in [0.717, 1.165) is 5.56 Å². The normalized spacial score (nSPS) is 16.9. The molecule has 4 heteroatoms. The number of hydrogen-bond acceptors (Lipinski definition) is 3. The molecule has 1 aliphatic rings. The second kappa shape index (κ2) is 4.79. The lowest BCUT2D eigenvalue weighted by molar-refractivity contribution is -0.137. The molecule has 0 aliphatic carbocycles. The minimum Gasteiger partial charge on any atom is -0.376 e. The lowest BCUT2D eigenvalue weighted by atomic mass is 10.2. The molecule has 0 saturated carbocycles. The van der Waals surface area contributed by atoms with Gasteiger partial charge >= 0.3 is 12.1 Å². The van der Waals surface area contributed by atoms with Crippen LogP contribution in [0.4, 0.5) is 4.79 Å². The van der Waals surface area contributed by atoms with Crippen LogP contribution in [0.1, 0.15) is 18.4 Å².